The van der Waals surface area contributed by atoms with Crippen LogP contribution in [0.15, 0.2) is 30.5 Å². The van der Waals surface area contributed by atoms with E-state index in [-0.39, 0.29) is 5.91 Å². The number of amides is 2. The summed E-state index contributed by atoms with van der Waals surface area (Å²) in [4.78, 5) is 26.5. The van der Waals surface area contributed by atoms with E-state index in [1.807, 2.05) is 12.1 Å². The van der Waals surface area contributed by atoms with Crippen LogP contribution in [-0.4, -0.2) is 22.1 Å². The molecule has 6 nitrogen and oxygen atoms in total. The Labute approximate surface area is 119 Å². The summed E-state index contributed by atoms with van der Waals surface area (Å²) < 4.78 is 0. The lowest BCUT2D eigenvalue weighted by Crippen LogP contribution is -2.06. The van der Waals surface area contributed by atoms with Crippen molar-refractivity contribution in [1.29, 1.82) is 0 Å². The summed E-state index contributed by atoms with van der Waals surface area (Å²) in [6.45, 7) is 1.44. The second-order valence-electron chi connectivity index (χ2n) is 4.12. The van der Waals surface area contributed by atoms with E-state index in [9.17, 15) is 9.59 Å². The first-order chi connectivity index (χ1) is 9.52. The molecule has 1 aromatic heterocycles. The Morgan fingerprint density at radius 3 is 2.55 bits per heavy atom. The molecule has 2 aromatic rings. The van der Waals surface area contributed by atoms with Gasteiger partial charge in [-0.1, -0.05) is 12.1 Å². The van der Waals surface area contributed by atoms with Crippen molar-refractivity contribution in [2.24, 2.45) is 0 Å². The summed E-state index contributed by atoms with van der Waals surface area (Å²) in [5.74, 6) is -0.144. The zero-order chi connectivity index (χ0) is 14.5. The third-order valence-electron chi connectivity index (χ3n) is 2.42. The normalized spacial score (nSPS) is 10.1. The Balaban J connectivity index is 2.00. The highest BCUT2D eigenvalue weighted by molar-refractivity contribution is 7.15. The number of benzene rings is 1. The molecule has 0 saturated carbocycles. The average Bonchev–Trinajstić information content (AvgIpc) is 2.77. The molecule has 0 fully saturated rings. The Hall–Kier alpha value is -2.41. The van der Waals surface area contributed by atoms with Crippen molar-refractivity contribution < 1.29 is 14.7 Å². The van der Waals surface area contributed by atoms with Crippen molar-refractivity contribution in [3.63, 3.8) is 0 Å². The van der Waals surface area contributed by atoms with Crippen LogP contribution in [0.5, 0.6) is 0 Å². The van der Waals surface area contributed by atoms with Crippen LogP contribution < -0.4 is 10.6 Å². The number of thiazole rings is 1. The lowest BCUT2D eigenvalue weighted by molar-refractivity contribution is -0.114. The maximum Gasteiger partial charge on any atom is 0.409 e. The van der Waals surface area contributed by atoms with Crippen LogP contribution in [0.1, 0.15) is 17.4 Å². The van der Waals surface area contributed by atoms with Gasteiger partial charge in [0.15, 0.2) is 5.13 Å². The number of hydrogen-bond acceptors (Lipinski definition) is 4. The van der Waals surface area contributed by atoms with Gasteiger partial charge >= 0.3 is 6.09 Å². The average molecular weight is 291 g/mol. The highest BCUT2D eigenvalue weighted by Crippen LogP contribution is 2.21. The van der Waals surface area contributed by atoms with Gasteiger partial charge < -0.3 is 10.4 Å². The SMILES string of the molecule is CC(=O)Nc1ncc(Cc2ccc(NC(=O)O)cc2)s1. The van der Waals surface area contributed by atoms with Crippen LogP contribution in [0.4, 0.5) is 15.6 Å². The van der Waals surface area contributed by atoms with E-state index in [1.54, 1.807) is 18.3 Å². The molecule has 2 amide bonds. The molecule has 2 rings (SSSR count). The van der Waals surface area contributed by atoms with E-state index in [1.165, 1.54) is 18.3 Å². The summed E-state index contributed by atoms with van der Waals surface area (Å²) in [7, 11) is 0. The molecule has 0 bridgehead atoms. The summed E-state index contributed by atoms with van der Waals surface area (Å²) >= 11 is 1.42. The Morgan fingerprint density at radius 1 is 1.25 bits per heavy atom. The molecule has 20 heavy (non-hydrogen) atoms. The number of anilines is 2. The summed E-state index contributed by atoms with van der Waals surface area (Å²) in [6.07, 6.45) is 1.32. The predicted molar refractivity (Wildman–Crippen MR) is 77.3 cm³/mol. The van der Waals surface area contributed by atoms with Crippen LogP contribution in [0, 0.1) is 0 Å². The van der Waals surface area contributed by atoms with E-state index in [0.717, 1.165) is 10.4 Å². The van der Waals surface area contributed by atoms with E-state index in [2.05, 4.69) is 15.6 Å². The van der Waals surface area contributed by atoms with E-state index in [4.69, 9.17) is 5.11 Å². The fourth-order valence-corrected chi connectivity index (χ4v) is 2.52. The van der Waals surface area contributed by atoms with Crippen molar-refractivity contribution in [2.45, 2.75) is 13.3 Å². The smallest absolute Gasteiger partial charge is 0.409 e. The van der Waals surface area contributed by atoms with Gasteiger partial charge in [-0.25, -0.2) is 9.78 Å². The Morgan fingerprint density at radius 2 is 1.95 bits per heavy atom. The highest BCUT2D eigenvalue weighted by atomic mass is 32.1. The van der Waals surface area contributed by atoms with Crippen molar-refractivity contribution in [3.05, 3.63) is 40.9 Å². The van der Waals surface area contributed by atoms with Crippen molar-refractivity contribution in [1.82, 2.24) is 4.98 Å². The number of aromatic nitrogens is 1. The standard InChI is InChI=1S/C13H13N3O3S/c1-8(17)15-12-14-7-11(20-12)6-9-2-4-10(5-3-9)16-13(18)19/h2-5,7,16H,6H2,1H3,(H,18,19)(H,14,15,17). The van der Waals surface area contributed by atoms with Gasteiger partial charge in [-0.3, -0.25) is 10.1 Å². The highest BCUT2D eigenvalue weighted by Gasteiger charge is 2.05. The summed E-state index contributed by atoms with van der Waals surface area (Å²) in [5.41, 5.74) is 1.57. The number of nitrogens with one attached hydrogen (secondary N) is 2. The van der Waals surface area contributed by atoms with Crippen LogP contribution in [0.3, 0.4) is 0 Å². The minimum absolute atomic E-state index is 0.144. The largest absolute Gasteiger partial charge is 0.465 e. The lowest BCUT2D eigenvalue weighted by Gasteiger charge is -2.02. The zero-order valence-electron chi connectivity index (χ0n) is 10.7. The number of rotatable bonds is 4. The van der Waals surface area contributed by atoms with E-state index < -0.39 is 6.09 Å². The van der Waals surface area contributed by atoms with Gasteiger partial charge in [0.1, 0.15) is 0 Å². The Bertz CT molecular complexity index is 622. The summed E-state index contributed by atoms with van der Waals surface area (Å²) in [6, 6.07) is 7.12. The molecule has 0 aliphatic carbocycles. The van der Waals surface area contributed by atoms with Crippen molar-refractivity contribution in [3.8, 4) is 0 Å². The molecule has 1 aromatic carbocycles. The molecule has 104 valence electrons. The van der Waals surface area contributed by atoms with Gasteiger partial charge in [-0.15, -0.1) is 11.3 Å². The molecule has 0 atom stereocenters. The molecule has 3 N–H and O–H groups in total. The van der Waals surface area contributed by atoms with Gasteiger partial charge in [0.25, 0.3) is 0 Å². The molecule has 7 heteroatoms. The molecular weight excluding hydrogens is 278 g/mol. The third kappa shape index (κ3) is 4.06. The molecule has 0 saturated heterocycles. The van der Waals surface area contributed by atoms with Gasteiger partial charge in [0, 0.05) is 30.1 Å². The van der Waals surface area contributed by atoms with Crippen molar-refractivity contribution in [2.75, 3.05) is 10.6 Å². The molecule has 0 unspecified atom stereocenters. The fourth-order valence-electron chi connectivity index (χ4n) is 1.63. The van der Waals surface area contributed by atoms with Crippen LogP contribution in [-0.2, 0) is 11.2 Å². The fraction of sp³-hybridized carbons (Fsp3) is 0.154. The number of carbonyl (C=O) groups is 2. The molecule has 0 radical (unpaired) electrons. The molecule has 0 aliphatic heterocycles. The van der Waals surface area contributed by atoms with Crippen molar-refractivity contribution >= 4 is 34.2 Å². The maximum absolute atomic E-state index is 10.9. The minimum Gasteiger partial charge on any atom is -0.465 e. The number of carbonyl (C=O) groups excluding carboxylic acids is 1. The van der Waals surface area contributed by atoms with E-state index >= 15 is 0 Å². The topological polar surface area (TPSA) is 91.3 Å². The predicted octanol–water partition coefficient (Wildman–Crippen LogP) is 2.78. The van der Waals surface area contributed by atoms with E-state index in [0.29, 0.717) is 17.2 Å². The van der Waals surface area contributed by atoms with Gasteiger partial charge in [-0.2, -0.15) is 0 Å². The van der Waals surface area contributed by atoms with Crippen LogP contribution >= 0.6 is 11.3 Å². The quantitative estimate of drug-likeness (QED) is 0.807. The monoisotopic (exact) mass is 291 g/mol. The minimum atomic E-state index is -1.08. The van der Waals surface area contributed by atoms with Crippen LogP contribution in [0.2, 0.25) is 0 Å². The van der Waals surface area contributed by atoms with Gasteiger partial charge in [0.2, 0.25) is 5.91 Å². The Kier molecular flexibility index (Phi) is 4.31. The van der Waals surface area contributed by atoms with Gasteiger partial charge in [0.05, 0.1) is 0 Å². The third-order valence-corrected chi connectivity index (χ3v) is 3.33. The lowest BCUT2D eigenvalue weighted by atomic mass is 10.1. The maximum atomic E-state index is 10.9. The molecule has 0 aliphatic rings. The second kappa shape index (κ2) is 6.16. The van der Waals surface area contributed by atoms with Crippen LogP contribution in [0.25, 0.3) is 0 Å². The molecule has 0 spiro atoms. The summed E-state index contributed by atoms with van der Waals surface area (Å²) in [5, 5.41) is 14.1. The number of hydrogen-bond donors (Lipinski definition) is 3. The molecular formula is C13H13N3O3S. The molecule has 1 heterocycles. The zero-order valence-corrected chi connectivity index (χ0v) is 11.5. The van der Waals surface area contributed by atoms with Gasteiger partial charge in [-0.05, 0) is 17.7 Å². The number of nitrogens with zero attached hydrogens (tertiary/aromatic N) is 1. The number of carboxylic acid groups (broad SMARTS) is 1. The first-order valence-electron chi connectivity index (χ1n) is 5.84. The first kappa shape index (κ1) is 14.0. The first-order valence-corrected chi connectivity index (χ1v) is 6.66. The second-order valence-corrected chi connectivity index (χ2v) is 5.23.